The molecule has 1 aromatic carbocycles. The van der Waals surface area contributed by atoms with Crippen molar-refractivity contribution in [2.75, 3.05) is 12.4 Å². The van der Waals surface area contributed by atoms with Crippen LogP contribution in [0.25, 0.3) is 0 Å². The second kappa shape index (κ2) is 8.81. The minimum atomic E-state index is -0.802. The van der Waals surface area contributed by atoms with Gasteiger partial charge in [-0.25, -0.2) is 9.18 Å². The lowest BCUT2D eigenvalue weighted by molar-refractivity contribution is 0.186. The summed E-state index contributed by atoms with van der Waals surface area (Å²) < 4.78 is 18.7. The third kappa shape index (κ3) is 4.82. The Labute approximate surface area is 154 Å². The highest BCUT2D eigenvalue weighted by molar-refractivity contribution is 5.84. The molecule has 0 heterocycles. The number of nitrogens with one attached hydrogen (secondary N) is 1. The molecule has 0 aromatic heterocycles. The van der Waals surface area contributed by atoms with E-state index in [1.54, 1.807) is 18.2 Å². The lowest BCUT2D eigenvalue weighted by atomic mass is 9.78. The zero-order valence-electron chi connectivity index (χ0n) is 15.4. The Kier molecular flexibility index (Phi) is 6.75. The van der Waals surface area contributed by atoms with Crippen molar-refractivity contribution >= 4 is 11.8 Å². The maximum atomic E-state index is 14.1. The fraction of sp³-hybridized carbons (Fsp3) is 0.381. The summed E-state index contributed by atoms with van der Waals surface area (Å²) in [6.07, 6.45) is 10.9. The quantitative estimate of drug-likeness (QED) is 0.640. The first-order valence-electron chi connectivity index (χ1n) is 8.84. The van der Waals surface area contributed by atoms with E-state index in [1.165, 1.54) is 26.0 Å². The van der Waals surface area contributed by atoms with Gasteiger partial charge in [-0.3, -0.25) is 5.32 Å². The van der Waals surface area contributed by atoms with E-state index >= 15 is 0 Å². The van der Waals surface area contributed by atoms with Crippen molar-refractivity contribution in [3.05, 3.63) is 66.0 Å². The molecule has 1 aliphatic rings. The molecule has 1 fully saturated rings. The first-order valence-corrected chi connectivity index (χ1v) is 8.84. The SMILES string of the molecule is C=C/C=C(\C=C/C)C(N)(CCC1CC1)c1ccc(F)c(NC(=O)OC)c1. The van der Waals surface area contributed by atoms with Gasteiger partial charge in [0, 0.05) is 0 Å². The van der Waals surface area contributed by atoms with Crippen molar-refractivity contribution in [2.24, 2.45) is 11.7 Å². The first-order chi connectivity index (χ1) is 12.4. The first kappa shape index (κ1) is 19.9. The Morgan fingerprint density at radius 2 is 2.23 bits per heavy atom. The summed E-state index contributed by atoms with van der Waals surface area (Å²) >= 11 is 0. The minimum Gasteiger partial charge on any atom is -0.453 e. The normalized spacial score (nSPS) is 17.0. The summed E-state index contributed by atoms with van der Waals surface area (Å²) in [6.45, 7) is 5.70. The Hall–Kier alpha value is -2.40. The van der Waals surface area contributed by atoms with Crippen LogP contribution in [0.1, 0.15) is 38.2 Å². The average Bonchev–Trinajstić information content (AvgIpc) is 3.45. The van der Waals surface area contributed by atoms with E-state index in [0.29, 0.717) is 5.92 Å². The smallest absolute Gasteiger partial charge is 0.411 e. The molecule has 0 spiro atoms. The summed E-state index contributed by atoms with van der Waals surface area (Å²) in [5.41, 5.74) is 7.74. The van der Waals surface area contributed by atoms with E-state index in [2.05, 4.69) is 16.6 Å². The molecule has 0 aliphatic heterocycles. The van der Waals surface area contributed by atoms with Gasteiger partial charge in [0.25, 0.3) is 0 Å². The van der Waals surface area contributed by atoms with E-state index in [-0.39, 0.29) is 5.69 Å². The summed E-state index contributed by atoms with van der Waals surface area (Å²) in [4.78, 5) is 11.5. The van der Waals surface area contributed by atoms with Crippen molar-refractivity contribution in [3.63, 3.8) is 0 Å². The van der Waals surface area contributed by atoms with Crippen LogP contribution in [0.5, 0.6) is 0 Å². The molecule has 1 atom stereocenters. The van der Waals surface area contributed by atoms with Gasteiger partial charge in [0.05, 0.1) is 18.3 Å². The highest BCUT2D eigenvalue weighted by Crippen LogP contribution is 2.41. The van der Waals surface area contributed by atoms with Gasteiger partial charge in [0.2, 0.25) is 0 Å². The number of amides is 1. The molecule has 1 unspecified atom stereocenters. The number of carbonyl (C=O) groups excluding carboxylic acids is 1. The van der Waals surface area contributed by atoms with E-state index in [1.807, 2.05) is 25.2 Å². The molecule has 1 aliphatic carbocycles. The largest absolute Gasteiger partial charge is 0.453 e. The number of methoxy groups -OCH3 is 1. The van der Waals surface area contributed by atoms with Crippen LogP contribution in [0.2, 0.25) is 0 Å². The van der Waals surface area contributed by atoms with Gasteiger partial charge in [-0.1, -0.05) is 49.8 Å². The van der Waals surface area contributed by atoms with E-state index < -0.39 is 17.4 Å². The zero-order valence-corrected chi connectivity index (χ0v) is 15.4. The number of anilines is 1. The van der Waals surface area contributed by atoms with Gasteiger partial charge < -0.3 is 10.5 Å². The Bertz CT molecular complexity index is 723. The predicted molar refractivity (Wildman–Crippen MR) is 103 cm³/mol. The maximum Gasteiger partial charge on any atom is 0.411 e. The number of nitrogens with two attached hydrogens (primary N) is 1. The van der Waals surface area contributed by atoms with Gasteiger partial charge in [-0.15, -0.1) is 0 Å². The highest BCUT2D eigenvalue weighted by atomic mass is 19.1. The number of hydrogen-bond donors (Lipinski definition) is 2. The van der Waals surface area contributed by atoms with Crippen molar-refractivity contribution < 1.29 is 13.9 Å². The monoisotopic (exact) mass is 358 g/mol. The molecule has 4 nitrogen and oxygen atoms in total. The molecule has 0 radical (unpaired) electrons. The molecule has 1 saturated carbocycles. The number of halogens is 1. The fourth-order valence-electron chi connectivity index (χ4n) is 3.01. The highest BCUT2D eigenvalue weighted by Gasteiger charge is 2.34. The van der Waals surface area contributed by atoms with Crippen LogP contribution in [0.15, 0.2) is 54.7 Å². The topological polar surface area (TPSA) is 64.3 Å². The number of carbonyl (C=O) groups is 1. The second-order valence-electron chi connectivity index (χ2n) is 6.62. The Balaban J connectivity index is 2.46. The summed E-state index contributed by atoms with van der Waals surface area (Å²) in [7, 11) is 1.23. The standard InChI is InChI=1S/C21H27FN2O2/c1-4-6-16(7-5-2)21(23,13-12-15-8-9-15)17-10-11-18(22)19(14-17)24-20(25)26-3/h4-7,10-11,14-15H,1,8-9,12-13,23H2,2-3H3,(H,24,25)/b7-5-,16-6+. The van der Waals surface area contributed by atoms with Crippen LogP contribution in [-0.4, -0.2) is 13.2 Å². The van der Waals surface area contributed by atoms with Gasteiger partial charge in [0.1, 0.15) is 5.82 Å². The molecule has 0 bridgehead atoms. The number of hydrogen-bond acceptors (Lipinski definition) is 3. The van der Waals surface area contributed by atoms with Crippen molar-refractivity contribution in [1.29, 1.82) is 0 Å². The lowest BCUT2D eigenvalue weighted by Crippen LogP contribution is -2.38. The van der Waals surface area contributed by atoms with E-state index in [0.717, 1.165) is 24.0 Å². The lowest BCUT2D eigenvalue weighted by Gasteiger charge is -2.32. The van der Waals surface area contributed by atoms with Crippen molar-refractivity contribution in [1.82, 2.24) is 0 Å². The fourth-order valence-corrected chi connectivity index (χ4v) is 3.01. The van der Waals surface area contributed by atoms with Crippen molar-refractivity contribution in [3.8, 4) is 0 Å². The molecule has 26 heavy (non-hydrogen) atoms. The molecular formula is C21H27FN2O2. The number of rotatable bonds is 8. The van der Waals surface area contributed by atoms with Crippen LogP contribution in [0, 0.1) is 11.7 Å². The van der Waals surface area contributed by atoms with Crippen molar-refractivity contribution in [2.45, 2.75) is 38.1 Å². The zero-order chi connectivity index (χ0) is 19.2. The summed E-state index contributed by atoms with van der Waals surface area (Å²) in [6, 6.07) is 4.57. The van der Waals surface area contributed by atoms with Crippen LogP contribution in [-0.2, 0) is 10.3 Å². The predicted octanol–water partition coefficient (Wildman–Crippen LogP) is 5.04. The van der Waals surface area contributed by atoms with Crippen LogP contribution in [0.3, 0.4) is 0 Å². The average molecular weight is 358 g/mol. The van der Waals surface area contributed by atoms with Crippen LogP contribution >= 0.6 is 0 Å². The van der Waals surface area contributed by atoms with Gasteiger partial charge in [0.15, 0.2) is 0 Å². The van der Waals surface area contributed by atoms with Crippen LogP contribution < -0.4 is 11.1 Å². The number of ether oxygens (including phenoxy) is 1. The van der Waals surface area contributed by atoms with Crippen LogP contribution in [0.4, 0.5) is 14.9 Å². The van der Waals surface area contributed by atoms with E-state index in [9.17, 15) is 9.18 Å². The number of allylic oxidation sites excluding steroid dienone is 3. The number of benzene rings is 1. The molecule has 140 valence electrons. The van der Waals surface area contributed by atoms with Gasteiger partial charge in [-0.2, -0.15) is 0 Å². The molecule has 0 saturated heterocycles. The second-order valence-corrected chi connectivity index (χ2v) is 6.62. The molecule has 1 amide bonds. The molecule has 3 N–H and O–H groups in total. The van der Waals surface area contributed by atoms with Gasteiger partial charge in [-0.05, 0) is 49.0 Å². The maximum absolute atomic E-state index is 14.1. The Morgan fingerprint density at radius 3 is 2.81 bits per heavy atom. The molecular weight excluding hydrogens is 331 g/mol. The molecule has 1 aromatic rings. The summed E-state index contributed by atoms with van der Waals surface area (Å²) in [5.74, 6) is 0.172. The third-order valence-electron chi connectivity index (χ3n) is 4.71. The summed E-state index contributed by atoms with van der Waals surface area (Å²) in [5, 5.41) is 2.40. The molecule has 2 rings (SSSR count). The van der Waals surface area contributed by atoms with Gasteiger partial charge >= 0.3 is 6.09 Å². The Morgan fingerprint density at radius 1 is 1.50 bits per heavy atom. The van der Waals surface area contributed by atoms with E-state index in [4.69, 9.17) is 5.73 Å². The molecule has 5 heteroatoms. The minimum absolute atomic E-state index is 0.0500. The third-order valence-corrected chi connectivity index (χ3v) is 4.71.